The van der Waals surface area contributed by atoms with Gasteiger partial charge >= 0.3 is 0 Å². The molecule has 0 aliphatic heterocycles. The van der Waals surface area contributed by atoms with E-state index in [2.05, 4.69) is 20.3 Å². The first-order valence-electron chi connectivity index (χ1n) is 7.09. The number of hydrogen-bond donors (Lipinski definition) is 1. The first-order valence-corrected chi connectivity index (χ1v) is 7.84. The van der Waals surface area contributed by atoms with Crippen LogP contribution >= 0.6 is 23.2 Å². The fourth-order valence-corrected chi connectivity index (χ4v) is 2.64. The van der Waals surface area contributed by atoms with E-state index in [9.17, 15) is 9.90 Å². The lowest BCUT2D eigenvalue weighted by molar-refractivity contribution is -0.242. The van der Waals surface area contributed by atoms with Gasteiger partial charge in [-0.15, -0.1) is 0 Å². The summed E-state index contributed by atoms with van der Waals surface area (Å²) in [4.78, 5) is 23.9. The number of amides is 1. The van der Waals surface area contributed by atoms with E-state index in [0.29, 0.717) is 22.7 Å². The molecule has 0 spiro atoms. The van der Waals surface area contributed by atoms with Crippen molar-refractivity contribution in [3.63, 3.8) is 0 Å². The second-order valence-electron chi connectivity index (χ2n) is 4.95. The standard InChI is InChI=1S/C16H12Cl2N4O2/c1-2-11-13(8-3-5-9(17)6-4-8)22-15-14(19-11)10(18)7-12(20-15)21-16(23)24/h3-7H,2H2,1H3,(H,23,24)(H,20,21,22)/p-1. The molecule has 24 heavy (non-hydrogen) atoms. The summed E-state index contributed by atoms with van der Waals surface area (Å²) in [5.41, 5.74) is 2.90. The largest absolute Gasteiger partial charge is 0.530 e. The van der Waals surface area contributed by atoms with Crippen LogP contribution in [0.15, 0.2) is 30.3 Å². The molecule has 0 aliphatic rings. The number of nitrogens with one attached hydrogen (secondary N) is 1. The van der Waals surface area contributed by atoms with Gasteiger partial charge in [0, 0.05) is 16.7 Å². The third kappa shape index (κ3) is 3.25. The molecular weight excluding hydrogens is 351 g/mol. The summed E-state index contributed by atoms with van der Waals surface area (Å²) in [6.45, 7) is 1.96. The van der Waals surface area contributed by atoms with Crippen LogP contribution < -0.4 is 10.4 Å². The number of carbonyl (C=O) groups excluding carboxylic acids is 1. The van der Waals surface area contributed by atoms with Gasteiger partial charge in [-0.3, -0.25) is 0 Å². The Morgan fingerprint density at radius 2 is 1.88 bits per heavy atom. The number of rotatable bonds is 3. The predicted octanol–water partition coefficient (Wildman–Crippen LogP) is 3.32. The number of carboxylic acid groups (broad SMARTS) is 1. The minimum Gasteiger partial charge on any atom is -0.530 e. The van der Waals surface area contributed by atoms with Gasteiger partial charge in [-0.05, 0) is 18.6 Å². The molecule has 1 N–H and O–H groups in total. The van der Waals surface area contributed by atoms with E-state index < -0.39 is 6.09 Å². The molecule has 1 amide bonds. The second-order valence-corrected chi connectivity index (χ2v) is 5.80. The van der Waals surface area contributed by atoms with Crippen LogP contribution in [0.1, 0.15) is 12.6 Å². The quantitative estimate of drug-likeness (QED) is 0.772. The zero-order valence-corrected chi connectivity index (χ0v) is 14.0. The average molecular weight is 362 g/mol. The molecule has 0 saturated carbocycles. The molecule has 0 unspecified atom stereocenters. The summed E-state index contributed by atoms with van der Waals surface area (Å²) < 4.78 is 0. The van der Waals surface area contributed by atoms with Crippen molar-refractivity contribution in [1.82, 2.24) is 15.0 Å². The first-order chi connectivity index (χ1) is 11.5. The van der Waals surface area contributed by atoms with Crippen LogP contribution in [0.4, 0.5) is 10.6 Å². The molecule has 0 saturated heterocycles. The van der Waals surface area contributed by atoms with Crippen molar-refractivity contribution in [3.05, 3.63) is 46.1 Å². The third-order valence-electron chi connectivity index (χ3n) is 3.35. The van der Waals surface area contributed by atoms with Gasteiger partial charge in [0.05, 0.1) is 16.4 Å². The van der Waals surface area contributed by atoms with E-state index in [4.69, 9.17) is 23.2 Å². The number of halogens is 2. The van der Waals surface area contributed by atoms with Crippen molar-refractivity contribution in [2.75, 3.05) is 5.32 Å². The van der Waals surface area contributed by atoms with Gasteiger partial charge in [-0.2, -0.15) is 0 Å². The number of aromatic nitrogens is 3. The Balaban J connectivity index is 2.21. The van der Waals surface area contributed by atoms with Gasteiger partial charge in [0.15, 0.2) is 5.65 Å². The molecule has 2 heterocycles. The molecular formula is C16H11Cl2N4O2-. The molecule has 6 nitrogen and oxygen atoms in total. The summed E-state index contributed by atoms with van der Waals surface area (Å²) in [6, 6.07) is 8.56. The smallest absolute Gasteiger partial charge is 0.182 e. The Morgan fingerprint density at radius 3 is 2.50 bits per heavy atom. The van der Waals surface area contributed by atoms with Crippen LogP contribution in [-0.2, 0) is 6.42 Å². The monoisotopic (exact) mass is 361 g/mol. The fraction of sp³-hybridized carbons (Fsp3) is 0.125. The summed E-state index contributed by atoms with van der Waals surface area (Å²) >= 11 is 12.1. The Hall–Kier alpha value is -2.44. The van der Waals surface area contributed by atoms with E-state index in [1.165, 1.54) is 6.07 Å². The second kappa shape index (κ2) is 6.59. The Bertz CT molecular complexity index is 930. The average Bonchev–Trinajstić information content (AvgIpc) is 2.54. The van der Waals surface area contributed by atoms with Crippen LogP contribution in [-0.4, -0.2) is 21.0 Å². The predicted molar refractivity (Wildman–Crippen MR) is 91.2 cm³/mol. The summed E-state index contributed by atoms with van der Waals surface area (Å²) in [7, 11) is 0. The van der Waals surface area contributed by atoms with Gasteiger partial charge in [0.2, 0.25) is 0 Å². The minimum absolute atomic E-state index is 0.0353. The maximum Gasteiger partial charge on any atom is 0.182 e. The minimum atomic E-state index is -1.48. The van der Waals surface area contributed by atoms with Crippen molar-refractivity contribution in [3.8, 4) is 11.3 Å². The molecule has 8 heteroatoms. The molecule has 0 radical (unpaired) electrons. The van der Waals surface area contributed by atoms with Crippen molar-refractivity contribution < 1.29 is 9.90 Å². The highest BCUT2D eigenvalue weighted by Crippen LogP contribution is 2.28. The van der Waals surface area contributed by atoms with E-state index in [-0.39, 0.29) is 16.5 Å². The van der Waals surface area contributed by atoms with E-state index in [0.717, 1.165) is 11.3 Å². The Kier molecular flexibility index (Phi) is 4.51. The lowest BCUT2D eigenvalue weighted by Crippen LogP contribution is -2.29. The number of pyridine rings is 1. The van der Waals surface area contributed by atoms with Crippen LogP contribution in [0, 0.1) is 0 Å². The number of benzene rings is 1. The lowest BCUT2D eigenvalue weighted by Gasteiger charge is -2.11. The maximum atomic E-state index is 10.7. The highest BCUT2D eigenvalue weighted by Gasteiger charge is 2.14. The molecule has 3 rings (SSSR count). The molecule has 122 valence electrons. The number of fused-ring (bicyclic) bond motifs is 1. The summed E-state index contributed by atoms with van der Waals surface area (Å²) in [5, 5.41) is 13.6. The van der Waals surface area contributed by atoms with Crippen molar-refractivity contribution in [2.24, 2.45) is 0 Å². The molecule has 0 aliphatic carbocycles. The molecule has 2 aromatic heterocycles. The van der Waals surface area contributed by atoms with Gasteiger partial charge in [0.1, 0.15) is 17.4 Å². The maximum absolute atomic E-state index is 10.7. The number of nitrogens with zero attached hydrogens (tertiary/aromatic N) is 3. The van der Waals surface area contributed by atoms with Gasteiger partial charge in [0.25, 0.3) is 0 Å². The highest BCUT2D eigenvalue weighted by molar-refractivity contribution is 6.35. The number of aryl methyl sites for hydroxylation is 1. The SMILES string of the molecule is CCc1nc2c(Cl)cc(NC(=O)[O-])nc2nc1-c1ccc(Cl)cc1. The van der Waals surface area contributed by atoms with E-state index in [1.807, 2.05) is 19.1 Å². The topological polar surface area (TPSA) is 90.8 Å². The van der Waals surface area contributed by atoms with Crippen LogP contribution in [0.2, 0.25) is 10.0 Å². The molecule has 1 aromatic carbocycles. The first kappa shape index (κ1) is 16.4. The molecule has 0 atom stereocenters. The highest BCUT2D eigenvalue weighted by atomic mass is 35.5. The lowest BCUT2D eigenvalue weighted by atomic mass is 10.1. The third-order valence-corrected chi connectivity index (χ3v) is 3.89. The van der Waals surface area contributed by atoms with Crippen molar-refractivity contribution in [2.45, 2.75) is 13.3 Å². The fourth-order valence-electron chi connectivity index (χ4n) is 2.29. The number of hydrogen-bond acceptors (Lipinski definition) is 5. The number of carbonyl (C=O) groups is 1. The zero-order valence-electron chi connectivity index (χ0n) is 12.5. The van der Waals surface area contributed by atoms with Gasteiger partial charge in [-0.25, -0.2) is 15.0 Å². The number of anilines is 1. The van der Waals surface area contributed by atoms with Gasteiger partial charge < -0.3 is 15.2 Å². The van der Waals surface area contributed by atoms with Crippen LogP contribution in [0.3, 0.4) is 0 Å². The zero-order chi connectivity index (χ0) is 17.3. The van der Waals surface area contributed by atoms with Crippen LogP contribution in [0.5, 0.6) is 0 Å². The van der Waals surface area contributed by atoms with Gasteiger partial charge in [-0.1, -0.05) is 42.3 Å². The molecule has 3 aromatic rings. The Labute approximate surface area is 147 Å². The normalized spacial score (nSPS) is 10.8. The summed E-state index contributed by atoms with van der Waals surface area (Å²) in [5.74, 6) is 0.0353. The van der Waals surface area contributed by atoms with E-state index >= 15 is 0 Å². The molecule has 0 fully saturated rings. The van der Waals surface area contributed by atoms with Crippen molar-refractivity contribution >= 4 is 46.3 Å². The summed E-state index contributed by atoms with van der Waals surface area (Å²) in [6.07, 6.45) is -0.829. The van der Waals surface area contributed by atoms with Crippen molar-refractivity contribution in [1.29, 1.82) is 0 Å². The van der Waals surface area contributed by atoms with Crippen LogP contribution in [0.25, 0.3) is 22.4 Å². The molecule has 0 bridgehead atoms. The Morgan fingerprint density at radius 1 is 1.17 bits per heavy atom. The van der Waals surface area contributed by atoms with E-state index in [1.54, 1.807) is 12.1 Å².